The molecule has 0 saturated heterocycles. The molecule has 0 spiro atoms. The van der Waals surface area contributed by atoms with Crippen LogP contribution in [0.5, 0.6) is 0 Å². The number of rotatable bonds is 1. The van der Waals surface area contributed by atoms with Gasteiger partial charge in [0.2, 0.25) is 0 Å². The second-order valence-corrected chi connectivity index (χ2v) is 1.95. The Morgan fingerprint density at radius 3 is 1.33 bits per heavy atom. The van der Waals surface area contributed by atoms with Crippen LogP contribution in [0, 0.1) is 0 Å². The van der Waals surface area contributed by atoms with Crippen molar-refractivity contribution in [2.45, 2.75) is 0 Å². The molecule has 0 heterocycles. The summed E-state index contributed by atoms with van der Waals surface area (Å²) in [6.07, 6.45) is 0. The molecule has 0 aromatic heterocycles. The van der Waals surface area contributed by atoms with Gasteiger partial charge in [0.1, 0.15) is 0 Å². The third-order valence-corrected chi connectivity index (χ3v) is 0.311. The third-order valence-electron chi connectivity index (χ3n) is 0.104. The Bertz CT molecular complexity index is 50.3. The Morgan fingerprint density at radius 2 is 1.33 bits per heavy atom. The van der Waals surface area contributed by atoms with E-state index in [2.05, 4.69) is 4.63 Å². The number of hydrogen-bond donors (Lipinski definition) is 3. The molecule has 3 N–H and O–H groups in total. The van der Waals surface area contributed by atoms with Crippen LogP contribution in [0.1, 0.15) is 0 Å². The summed E-state index contributed by atoms with van der Waals surface area (Å²) in [6.45, 7) is 0. The van der Waals surface area contributed by atoms with Gasteiger partial charge in [-0.05, 0) is 0 Å². The van der Waals surface area contributed by atoms with Crippen LogP contribution in [0.2, 0.25) is 0 Å². The van der Waals surface area contributed by atoms with Crippen LogP contribution in [0.15, 0.2) is 0 Å². The molecule has 0 bridgehead atoms. The average Bonchev–Trinajstić information content (AvgIpc) is 1.35. The topological polar surface area (TPSA) is 69.9 Å². The van der Waals surface area contributed by atoms with Gasteiger partial charge in [-0.1, -0.05) is 4.53 Å². The van der Waals surface area contributed by atoms with E-state index in [4.69, 9.17) is 14.4 Å². The summed E-state index contributed by atoms with van der Waals surface area (Å²) in [5, 5.41) is 0. The van der Waals surface area contributed by atoms with Gasteiger partial charge in [-0.25, -0.2) is 0 Å². The van der Waals surface area contributed by atoms with Crippen LogP contribution < -0.4 is 0 Å². The Morgan fingerprint density at radius 1 is 1.22 bits per heavy atom. The van der Waals surface area contributed by atoms with Gasteiger partial charge in [0.15, 0.2) is 17.4 Å². The fraction of sp³-hybridized carbons (Fsp3) is 0. The minimum absolute atomic E-state index is 0. The Labute approximate surface area is 130 Å². The molecule has 0 aliphatic rings. The average molecular weight is 276 g/mol. The van der Waals surface area contributed by atoms with Gasteiger partial charge in [0, 0.05) is 0 Å². The predicted octanol–water partition coefficient (Wildman–Crippen LogP) is -4.72. The van der Waals surface area contributed by atoms with Gasteiger partial charge in [0.25, 0.3) is 0 Å². The quantitative estimate of drug-likeness (QED) is 0.421. The summed E-state index contributed by atoms with van der Waals surface area (Å²) in [5.41, 5.74) is 0. The van der Waals surface area contributed by atoms with Crippen molar-refractivity contribution in [3.8, 4) is 0 Å². The van der Waals surface area contributed by atoms with E-state index in [1.807, 2.05) is 0 Å². The van der Waals surface area contributed by atoms with E-state index >= 15 is 0 Å². The summed E-state index contributed by atoms with van der Waals surface area (Å²) < 4.78 is 12.6. The Kier molecular flexibility index (Phi) is 28.5. The van der Waals surface area contributed by atoms with Gasteiger partial charge in [-0.3, -0.25) is 0 Å². The van der Waals surface area contributed by atoms with Crippen LogP contribution in [0.4, 0.5) is 4.53 Å². The first-order chi connectivity index (χ1) is 2.56. The van der Waals surface area contributed by atoms with E-state index in [9.17, 15) is 4.53 Å². The third kappa shape index (κ3) is 24.6. The molecular formula is H10AlCaFO4SiSr. The zero-order valence-corrected chi connectivity index (χ0v) is 3.63. The minimum atomic E-state index is -4.80. The van der Waals surface area contributed by atoms with E-state index in [1.165, 1.54) is 0 Å². The molecule has 9 heteroatoms. The van der Waals surface area contributed by atoms with Gasteiger partial charge >= 0.3 is 92.3 Å². The Balaban J connectivity index is -0.0000000417. The molecular weight excluding hydrogens is 266 g/mol. The summed E-state index contributed by atoms with van der Waals surface area (Å²) in [5.74, 6) is 0. The van der Waals surface area contributed by atoms with Crippen LogP contribution in [-0.2, 0) is 4.63 Å². The SMILES string of the molecule is O[Si](O)(O)OF.[AlH3].[CaH2].[SrH2]. The summed E-state index contributed by atoms with van der Waals surface area (Å²) >= 11 is 0. The van der Waals surface area contributed by atoms with Crippen LogP contribution in [0.3, 0.4) is 0 Å². The van der Waals surface area contributed by atoms with E-state index in [0.29, 0.717) is 0 Å². The second kappa shape index (κ2) is 11.3. The normalized spacial score (nSPS) is 8.00. The van der Waals surface area contributed by atoms with Crippen molar-refractivity contribution in [1.82, 2.24) is 0 Å². The molecule has 0 fully saturated rings. The van der Waals surface area contributed by atoms with Gasteiger partial charge < -0.3 is 14.4 Å². The second-order valence-electron chi connectivity index (χ2n) is 0.651. The standard InChI is InChI=1S/Al.Ca.FH3O4Si.Sr.7H/c;;1-5-6(2,3)4;;;;;;;;/h;;2-4H;;;;;;;;. The van der Waals surface area contributed by atoms with E-state index in [-0.39, 0.29) is 101 Å². The van der Waals surface area contributed by atoms with Crippen molar-refractivity contribution < 1.29 is 23.5 Å². The van der Waals surface area contributed by atoms with Crippen molar-refractivity contribution in [1.29, 1.82) is 0 Å². The van der Waals surface area contributed by atoms with Crippen LogP contribution >= 0.6 is 0 Å². The molecule has 0 saturated carbocycles. The predicted molar refractivity (Wildman–Crippen MR) is 41.6 cm³/mol. The monoisotopic (exact) mass is 276 g/mol. The summed E-state index contributed by atoms with van der Waals surface area (Å²) in [4.78, 5) is 22.4. The molecule has 0 radical (unpaired) electrons. The zero-order valence-electron chi connectivity index (χ0n) is 2.63. The summed E-state index contributed by atoms with van der Waals surface area (Å²) in [6, 6.07) is 0. The molecule has 0 rings (SSSR count). The van der Waals surface area contributed by atoms with Crippen LogP contribution in [0.25, 0.3) is 0 Å². The first-order valence-electron chi connectivity index (χ1n) is 1.03. The maximum atomic E-state index is 10.3. The first-order valence-corrected chi connectivity index (χ1v) is 2.78. The van der Waals surface area contributed by atoms with Crippen molar-refractivity contribution in [2.75, 3.05) is 0 Å². The Hall–Kier alpha value is 3.26. The number of halogens is 1. The molecule has 0 aliphatic heterocycles. The first kappa shape index (κ1) is 22.8. The molecule has 0 aliphatic carbocycles. The maximum absolute atomic E-state index is 10.3. The molecule has 0 aromatic carbocycles. The molecule has 9 heavy (non-hydrogen) atoms. The van der Waals surface area contributed by atoms with Crippen molar-refractivity contribution >= 4 is 110 Å². The molecule has 0 atom stereocenters. The van der Waals surface area contributed by atoms with Crippen molar-refractivity contribution in [3.63, 3.8) is 0 Å². The molecule has 0 amide bonds. The van der Waals surface area contributed by atoms with Gasteiger partial charge in [0.05, 0.1) is 0 Å². The number of hydrogen-bond acceptors (Lipinski definition) is 4. The van der Waals surface area contributed by atoms with E-state index in [0.717, 1.165) is 0 Å². The zero-order chi connectivity index (χ0) is 5.21. The van der Waals surface area contributed by atoms with Crippen molar-refractivity contribution in [3.05, 3.63) is 0 Å². The van der Waals surface area contributed by atoms with Gasteiger partial charge in [-0.15, -0.1) is 0 Å². The summed E-state index contributed by atoms with van der Waals surface area (Å²) in [7, 11) is -4.80. The molecule has 0 unspecified atom stereocenters. The fourth-order valence-electron chi connectivity index (χ4n) is 0. The fourth-order valence-corrected chi connectivity index (χ4v) is 0. The molecule has 52 valence electrons. The van der Waals surface area contributed by atoms with E-state index < -0.39 is 9.05 Å². The molecule has 4 nitrogen and oxygen atoms in total. The van der Waals surface area contributed by atoms with Crippen LogP contribution in [-0.4, -0.2) is 124 Å². The van der Waals surface area contributed by atoms with E-state index in [1.54, 1.807) is 0 Å². The van der Waals surface area contributed by atoms with Gasteiger partial charge in [-0.2, -0.15) is 4.63 Å². The molecule has 0 aromatic rings. The van der Waals surface area contributed by atoms with Crippen molar-refractivity contribution in [2.24, 2.45) is 0 Å².